The van der Waals surface area contributed by atoms with E-state index in [4.69, 9.17) is 4.74 Å². The summed E-state index contributed by atoms with van der Waals surface area (Å²) < 4.78 is 30.4. The molecule has 3 heteroatoms. The fraction of sp³-hybridized carbons (Fsp3) is 0.818. The van der Waals surface area contributed by atoms with Gasteiger partial charge in [0, 0.05) is 5.92 Å². The van der Waals surface area contributed by atoms with E-state index in [0.29, 0.717) is 5.92 Å². The van der Waals surface area contributed by atoms with E-state index in [1.807, 2.05) is 20.8 Å². The first-order valence-corrected chi connectivity index (χ1v) is 5.20. The lowest BCUT2D eigenvalue weighted by molar-refractivity contribution is -0.0349. The molecule has 1 fully saturated rings. The molecule has 0 bridgehead atoms. The standard InChI is InChI=1S/C11H18F2O/c1-5-9-7(3)6(2)8(4)10(14-9)11(12)13/h6-9H,5H2,1-4H3/t6-,7-,8+,9+/m0/s1. The summed E-state index contributed by atoms with van der Waals surface area (Å²) in [5, 5.41) is 0. The van der Waals surface area contributed by atoms with Crippen molar-refractivity contribution >= 4 is 0 Å². The van der Waals surface area contributed by atoms with Gasteiger partial charge in [0.05, 0.1) is 0 Å². The highest BCUT2D eigenvalue weighted by atomic mass is 19.3. The third-order valence-electron chi connectivity index (χ3n) is 3.48. The quantitative estimate of drug-likeness (QED) is 0.631. The van der Waals surface area contributed by atoms with Gasteiger partial charge in [-0.2, -0.15) is 8.78 Å². The van der Waals surface area contributed by atoms with Gasteiger partial charge in [0.15, 0.2) is 5.76 Å². The van der Waals surface area contributed by atoms with Gasteiger partial charge in [0.1, 0.15) is 6.10 Å². The highest BCUT2D eigenvalue weighted by molar-refractivity contribution is 5.04. The van der Waals surface area contributed by atoms with Gasteiger partial charge in [-0.3, -0.25) is 0 Å². The molecular formula is C11H18F2O. The van der Waals surface area contributed by atoms with Crippen LogP contribution in [0, 0.1) is 17.8 Å². The van der Waals surface area contributed by atoms with Crippen LogP contribution in [0.4, 0.5) is 8.78 Å². The van der Waals surface area contributed by atoms with Gasteiger partial charge in [-0.05, 0) is 18.3 Å². The Kier molecular flexibility index (Phi) is 3.51. The smallest absolute Gasteiger partial charge is 0.307 e. The lowest BCUT2D eigenvalue weighted by Crippen LogP contribution is -2.37. The minimum atomic E-state index is -1.66. The van der Waals surface area contributed by atoms with Crippen molar-refractivity contribution in [3.8, 4) is 0 Å². The molecule has 0 radical (unpaired) electrons. The second kappa shape index (κ2) is 4.28. The third-order valence-corrected chi connectivity index (χ3v) is 3.48. The molecule has 1 saturated heterocycles. The molecule has 0 aromatic carbocycles. The number of hydrogen-bond donors (Lipinski definition) is 0. The van der Waals surface area contributed by atoms with Crippen LogP contribution in [0.2, 0.25) is 0 Å². The zero-order valence-corrected chi connectivity index (χ0v) is 9.18. The Morgan fingerprint density at radius 3 is 2.21 bits per heavy atom. The molecule has 14 heavy (non-hydrogen) atoms. The van der Waals surface area contributed by atoms with Crippen LogP contribution in [-0.4, -0.2) is 6.10 Å². The predicted octanol–water partition coefficient (Wildman–Crippen LogP) is 3.81. The van der Waals surface area contributed by atoms with Gasteiger partial charge in [0.2, 0.25) is 0 Å². The summed E-state index contributed by atoms with van der Waals surface area (Å²) in [6.45, 7) is 7.87. The topological polar surface area (TPSA) is 9.23 Å². The van der Waals surface area contributed by atoms with E-state index in [-0.39, 0.29) is 23.7 Å². The van der Waals surface area contributed by atoms with Crippen LogP contribution in [0.3, 0.4) is 0 Å². The molecule has 0 amide bonds. The van der Waals surface area contributed by atoms with Crippen LogP contribution in [-0.2, 0) is 4.74 Å². The first-order chi connectivity index (χ1) is 6.49. The maximum absolute atomic E-state index is 12.5. The van der Waals surface area contributed by atoms with Crippen molar-refractivity contribution in [1.29, 1.82) is 0 Å². The lowest BCUT2D eigenvalue weighted by atomic mass is 9.78. The van der Waals surface area contributed by atoms with Gasteiger partial charge in [0.25, 0.3) is 0 Å². The van der Waals surface area contributed by atoms with Gasteiger partial charge < -0.3 is 4.74 Å². The van der Waals surface area contributed by atoms with Crippen LogP contribution in [0.1, 0.15) is 34.1 Å². The Morgan fingerprint density at radius 1 is 1.21 bits per heavy atom. The molecule has 1 aliphatic heterocycles. The van der Waals surface area contributed by atoms with Crippen molar-refractivity contribution < 1.29 is 13.5 Å². The van der Waals surface area contributed by atoms with Crippen molar-refractivity contribution in [1.82, 2.24) is 0 Å². The van der Waals surface area contributed by atoms with Crippen molar-refractivity contribution in [3.63, 3.8) is 0 Å². The highest BCUT2D eigenvalue weighted by Crippen LogP contribution is 2.39. The van der Waals surface area contributed by atoms with E-state index < -0.39 is 6.08 Å². The zero-order valence-electron chi connectivity index (χ0n) is 9.18. The molecule has 0 N–H and O–H groups in total. The molecule has 82 valence electrons. The fourth-order valence-electron chi connectivity index (χ4n) is 2.08. The molecule has 0 aromatic heterocycles. The maximum atomic E-state index is 12.5. The van der Waals surface area contributed by atoms with Crippen LogP contribution in [0.25, 0.3) is 0 Å². The van der Waals surface area contributed by atoms with Gasteiger partial charge in [-0.15, -0.1) is 0 Å². The monoisotopic (exact) mass is 204 g/mol. The molecule has 4 atom stereocenters. The maximum Gasteiger partial charge on any atom is 0.307 e. The van der Waals surface area contributed by atoms with Gasteiger partial charge in [-0.25, -0.2) is 0 Å². The first kappa shape index (κ1) is 11.5. The molecule has 1 rings (SSSR count). The van der Waals surface area contributed by atoms with Crippen LogP contribution < -0.4 is 0 Å². The van der Waals surface area contributed by atoms with Crippen molar-refractivity contribution in [2.75, 3.05) is 0 Å². The minimum absolute atomic E-state index is 0.0577. The number of halogens is 2. The molecule has 0 unspecified atom stereocenters. The molecule has 0 aliphatic carbocycles. The lowest BCUT2D eigenvalue weighted by Gasteiger charge is -2.39. The Balaban J connectivity index is 2.90. The molecule has 1 heterocycles. The summed E-state index contributed by atoms with van der Waals surface area (Å²) in [6.07, 6.45) is -0.929. The molecule has 1 nitrogen and oxygen atoms in total. The van der Waals surface area contributed by atoms with Crippen molar-refractivity contribution in [2.24, 2.45) is 17.8 Å². The average Bonchev–Trinajstić information content (AvgIpc) is 2.14. The second-order valence-electron chi connectivity index (χ2n) is 4.20. The van der Waals surface area contributed by atoms with E-state index in [0.717, 1.165) is 6.42 Å². The highest BCUT2D eigenvalue weighted by Gasteiger charge is 2.37. The normalized spacial score (nSPS) is 38.0. The molecule has 0 aromatic rings. The number of ether oxygens (including phenoxy) is 1. The first-order valence-electron chi connectivity index (χ1n) is 5.20. The average molecular weight is 204 g/mol. The molecule has 1 aliphatic rings. The number of rotatable bonds is 1. The summed E-state index contributed by atoms with van der Waals surface area (Å²) in [5.74, 6) is 0.337. The van der Waals surface area contributed by atoms with Gasteiger partial charge >= 0.3 is 6.08 Å². The van der Waals surface area contributed by atoms with Crippen LogP contribution in [0.5, 0.6) is 0 Å². The van der Waals surface area contributed by atoms with Crippen molar-refractivity contribution in [2.45, 2.75) is 40.2 Å². The summed E-state index contributed by atoms with van der Waals surface area (Å²) >= 11 is 0. The zero-order chi connectivity index (χ0) is 10.9. The van der Waals surface area contributed by atoms with Gasteiger partial charge in [-0.1, -0.05) is 27.7 Å². The predicted molar refractivity (Wildman–Crippen MR) is 51.9 cm³/mol. The fourth-order valence-corrected chi connectivity index (χ4v) is 2.08. The molecular weight excluding hydrogens is 186 g/mol. The Morgan fingerprint density at radius 2 is 1.79 bits per heavy atom. The SMILES string of the molecule is CC[C@H]1OC(=C(F)F)[C@H](C)[C@@H](C)[C@@H]1C. The minimum Gasteiger partial charge on any atom is -0.489 e. The number of hydrogen-bond acceptors (Lipinski definition) is 1. The Labute approximate surface area is 84.1 Å². The van der Waals surface area contributed by atoms with Crippen LogP contribution >= 0.6 is 0 Å². The van der Waals surface area contributed by atoms with E-state index in [2.05, 4.69) is 6.92 Å². The largest absolute Gasteiger partial charge is 0.489 e. The molecule has 0 saturated carbocycles. The Hall–Kier alpha value is -0.600. The van der Waals surface area contributed by atoms with E-state index >= 15 is 0 Å². The summed E-state index contributed by atoms with van der Waals surface area (Å²) in [4.78, 5) is 0. The van der Waals surface area contributed by atoms with E-state index in [1.165, 1.54) is 0 Å². The van der Waals surface area contributed by atoms with E-state index in [1.54, 1.807) is 0 Å². The summed E-state index contributed by atoms with van der Waals surface area (Å²) in [5.41, 5.74) is 0. The van der Waals surface area contributed by atoms with Crippen molar-refractivity contribution in [3.05, 3.63) is 11.8 Å². The molecule has 0 spiro atoms. The second-order valence-corrected chi connectivity index (χ2v) is 4.20. The third kappa shape index (κ3) is 1.91. The van der Waals surface area contributed by atoms with Crippen LogP contribution in [0.15, 0.2) is 11.8 Å². The number of allylic oxidation sites excluding steroid dienone is 1. The van der Waals surface area contributed by atoms with E-state index in [9.17, 15) is 8.78 Å². The Bertz CT molecular complexity index is 231. The summed E-state index contributed by atoms with van der Waals surface area (Å²) in [6, 6.07) is 0. The summed E-state index contributed by atoms with van der Waals surface area (Å²) in [7, 11) is 0.